The van der Waals surface area contributed by atoms with Crippen molar-refractivity contribution in [3.05, 3.63) is 59.1 Å². The molecular weight excluding hydrogens is 432 g/mol. The van der Waals surface area contributed by atoms with E-state index in [9.17, 15) is 13.2 Å². The number of hydrogen-bond donors (Lipinski definition) is 0. The van der Waals surface area contributed by atoms with E-state index in [1.165, 1.54) is 11.8 Å². The Balaban J connectivity index is 1.66. The number of fused-ring (bicyclic) bond motifs is 1. The quantitative estimate of drug-likeness (QED) is 0.712. The molecule has 0 radical (unpaired) electrons. The highest BCUT2D eigenvalue weighted by Crippen LogP contribution is 2.41. The van der Waals surface area contributed by atoms with Crippen molar-refractivity contribution in [2.24, 2.45) is 4.99 Å². The van der Waals surface area contributed by atoms with Gasteiger partial charge in [0.2, 0.25) is 0 Å². The summed E-state index contributed by atoms with van der Waals surface area (Å²) in [5.74, 6) is 0.454. The summed E-state index contributed by atoms with van der Waals surface area (Å²) in [7, 11) is -1.55. The maximum Gasteiger partial charge on any atom is 0.252 e. The van der Waals surface area contributed by atoms with Gasteiger partial charge in [0.05, 0.1) is 31.1 Å². The van der Waals surface area contributed by atoms with Crippen LogP contribution < -0.4 is 9.64 Å². The van der Waals surface area contributed by atoms with E-state index < -0.39 is 9.84 Å². The van der Waals surface area contributed by atoms with Gasteiger partial charge in [-0.2, -0.15) is 4.99 Å². The van der Waals surface area contributed by atoms with E-state index in [1.807, 2.05) is 35.2 Å². The van der Waals surface area contributed by atoms with Crippen LogP contribution in [0.4, 0.5) is 5.69 Å². The predicted molar refractivity (Wildman–Crippen MR) is 117 cm³/mol. The number of rotatable bonds is 4. The van der Waals surface area contributed by atoms with Gasteiger partial charge in [-0.05, 0) is 23.8 Å². The molecule has 2 saturated heterocycles. The molecule has 2 fully saturated rings. The number of anilines is 1. The van der Waals surface area contributed by atoms with Gasteiger partial charge in [0.25, 0.3) is 5.91 Å². The summed E-state index contributed by atoms with van der Waals surface area (Å²) in [5, 5.41) is 0.881. The van der Waals surface area contributed by atoms with E-state index in [1.54, 1.807) is 25.3 Å². The molecular formula is C20H19ClN2O4S2. The van der Waals surface area contributed by atoms with Gasteiger partial charge in [0, 0.05) is 22.0 Å². The van der Waals surface area contributed by atoms with Crippen molar-refractivity contribution in [2.75, 3.05) is 23.5 Å². The lowest BCUT2D eigenvalue weighted by Gasteiger charge is -2.24. The molecule has 4 rings (SSSR count). The summed E-state index contributed by atoms with van der Waals surface area (Å²) in [6.07, 6.45) is 0.0866. The fourth-order valence-electron chi connectivity index (χ4n) is 3.58. The molecule has 6 nitrogen and oxygen atoms in total. The zero-order chi connectivity index (χ0) is 20.6. The molecule has 29 heavy (non-hydrogen) atoms. The number of amides is 1. The Labute approximate surface area is 178 Å². The number of hydrogen-bond acceptors (Lipinski definition) is 5. The van der Waals surface area contributed by atoms with Crippen molar-refractivity contribution in [3.8, 4) is 5.75 Å². The summed E-state index contributed by atoms with van der Waals surface area (Å²) in [5.41, 5.74) is 1.47. The van der Waals surface area contributed by atoms with Crippen molar-refractivity contribution >= 4 is 50.0 Å². The van der Waals surface area contributed by atoms with Crippen LogP contribution in [-0.4, -0.2) is 49.4 Å². The van der Waals surface area contributed by atoms with Crippen LogP contribution in [0.5, 0.6) is 5.75 Å². The Morgan fingerprint density at radius 1 is 1.24 bits per heavy atom. The highest BCUT2D eigenvalue weighted by Gasteiger charge is 2.49. The second-order valence-corrected chi connectivity index (χ2v) is 10.7. The van der Waals surface area contributed by atoms with E-state index in [2.05, 4.69) is 4.99 Å². The Morgan fingerprint density at radius 2 is 2.03 bits per heavy atom. The molecule has 2 atom stereocenters. The third-order valence-corrected chi connectivity index (χ3v) is 8.50. The third kappa shape index (κ3) is 4.29. The van der Waals surface area contributed by atoms with Gasteiger partial charge < -0.3 is 9.64 Å². The minimum Gasteiger partial charge on any atom is -0.497 e. The first-order valence-corrected chi connectivity index (χ1v) is 12.1. The maximum absolute atomic E-state index is 12.6. The van der Waals surface area contributed by atoms with E-state index in [0.29, 0.717) is 21.5 Å². The highest BCUT2D eigenvalue weighted by atomic mass is 35.5. The van der Waals surface area contributed by atoms with Crippen LogP contribution in [0.15, 0.2) is 53.5 Å². The van der Waals surface area contributed by atoms with Gasteiger partial charge in [-0.15, -0.1) is 0 Å². The van der Waals surface area contributed by atoms with Gasteiger partial charge in [0.15, 0.2) is 15.0 Å². The van der Waals surface area contributed by atoms with E-state index in [0.717, 1.165) is 5.69 Å². The minimum absolute atomic E-state index is 0.0413. The Kier molecular flexibility index (Phi) is 5.59. The highest BCUT2D eigenvalue weighted by molar-refractivity contribution is 8.16. The molecule has 2 aromatic carbocycles. The van der Waals surface area contributed by atoms with Crippen LogP contribution in [-0.2, 0) is 21.1 Å². The molecule has 0 N–H and O–H groups in total. The second-order valence-electron chi connectivity index (χ2n) is 6.93. The maximum atomic E-state index is 12.6. The van der Waals surface area contributed by atoms with Crippen molar-refractivity contribution in [1.82, 2.24) is 0 Å². The first-order chi connectivity index (χ1) is 13.9. The number of halogens is 1. The topological polar surface area (TPSA) is 76.0 Å². The molecule has 0 spiro atoms. The normalized spacial score (nSPS) is 23.9. The number of nitrogens with zero attached hydrogens (tertiary/aromatic N) is 2. The second kappa shape index (κ2) is 8.01. The molecule has 0 aliphatic carbocycles. The van der Waals surface area contributed by atoms with Gasteiger partial charge in [0.1, 0.15) is 5.75 Å². The van der Waals surface area contributed by atoms with E-state index in [4.69, 9.17) is 16.3 Å². The number of carbonyl (C=O) groups is 1. The number of ether oxygens (including phenoxy) is 1. The molecule has 2 heterocycles. The van der Waals surface area contributed by atoms with Crippen LogP contribution in [0.3, 0.4) is 0 Å². The van der Waals surface area contributed by atoms with Crippen LogP contribution in [0.25, 0.3) is 0 Å². The number of carbonyl (C=O) groups excluding carboxylic acids is 1. The molecule has 2 aliphatic heterocycles. The summed E-state index contributed by atoms with van der Waals surface area (Å²) >= 11 is 7.50. The van der Waals surface area contributed by atoms with E-state index in [-0.39, 0.29) is 35.1 Å². The van der Waals surface area contributed by atoms with Crippen molar-refractivity contribution in [3.63, 3.8) is 0 Å². The summed E-state index contributed by atoms with van der Waals surface area (Å²) in [6.45, 7) is 0. The van der Waals surface area contributed by atoms with Crippen LogP contribution in [0.2, 0.25) is 5.02 Å². The molecule has 0 unspecified atom stereocenters. The summed E-state index contributed by atoms with van der Waals surface area (Å²) in [6, 6.07) is 14.2. The SMILES string of the molecule is COc1cccc(N2C(=NC(=O)Cc3ccccc3Cl)S[C@H]3CS(=O)(=O)C[C@@H]32)c1. The lowest BCUT2D eigenvalue weighted by molar-refractivity contribution is -0.117. The fourth-order valence-corrected chi connectivity index (χ4v) is 7.71. The monoisotopic (exact) mass is 450 g/mol. The molecule has 9 heteroatoms. The fraction of sp³-hybridized carbons (Fsp3) is 0.300. The predicted octanol–water partition coefficient (Wildman–Crippen LogP) is 3.19. The Hall–Kier alpha value is -2.03. The van der Waals surface area contributed by atoms with Crippen molar-refractivity contribution < 1.29 is 17.9 Å². The molecule has 0 bridgehead atoms. The van der Waals surface area contributed by atoms with Crippen LogP contribution >= 0.6 is 23.4 Å². The zero-order valence-corrected chi connectivity index (χ0v) is 18.0. The number of benzene rings is 2. The Bertz CT molecular complexity index is 1090. The van der Waals surface area contributed by atoms with Gasteiger partial charge in [-0.25, -0.2) is 8.42 Å². The largest absolute Gasteiger partial charge is 0.497 e. The van der Waals surface area contributed by atoms with Gasteiger partial charge in [-0.3, -0.25) is 4.79 Å². The first-order valence-electron chi connectivity index (χ1n) is 9.01. The number of sulfone groups is 1. The molecule has 0 aromatic heterocycles. The summed E-state index contributed by atoms with van der Waals surface area (Å²) in [4.78, 5) is 18.8. The van der Waals surface area contributed by atoms with Crippen molar-refractivity contribution in [2.45, 2.75) is 17.7 Å². The average molecular weight is 451 g/mol. The number of amidine groups is 1. The smallest absolute Gasteiger partial charge is 0.252 e. The van der Waals surface area contributed by atoms with Gasteiger partial charge >= 0.3 is 0 Å². The number of thioether (sulfide) groups is 1. The van der Waals surface area contributed by atoms with Crippen LogP contribution in [0.1, 0.15) is 5.56 Å². The molecule has 0 saturated carbocycles. The lowest BCUT2D eigenvalue weighted by atomic mass is 10.1. The molecule has 1 amide bonds. The molecule has 2 aliphatic rings. The third-order valence-electron chi connectivity index (χ3n) is 4.92. The first kappa shape index (κ1) is 20.3. The lowest BCUT2D eigenvalue weighted by Crippen LogP contribution is -2.37. The number of aliphatic imine (C=N–C) groups is 1. The van der Waals surface area contributed by atoms with Crippen molar-refractivity contribution in [1.29, 1.82) is 0 Å². The molecule has 152 valence electrons. The minimum atomic E-state index is -3.12. The number of methoxy groups -OCH3 is 1. The van der Waals surface area contributed by atoms with E-state index >= 15 is 0 Å². The standard InChI is InChI=1S/C20H19ClN2O4S2/c1-27-15-7-4-6-14(10-15)23-17-11-29(25,26)12-18(17)28-20(23)22-19(24)9-13-5-2-3-8-16(13)21/h2-8,10,17-18H,9,11-12H2,1H3/t17-,18-/m0/s1. The van der Waals surface area contributed by atoms with Crippen LogP contribution in [0, 0.1) is 0 Å². The zero-order valence-electron chi connectivity index (χ0n) is 15.6. The Morgan fingerprint density at radius 3 is 2.79 bits per heavy atom. The van der Waals surface area contributed by atoms with Gasteiger partial charge in [-0.1, -0.05) is 47.6 Å². The molecule has 2 aromatic rings. The average Bonchev–Trinajstić information content (AvgIpc) is 3.14. The summed E-state index contributed by atoms with van der Waals surface area (Å²) < 4.78 is 29.6.